The summed E-state index contributed by atoms with van der Waals surface area (Å²) in [6, 6.07) is 16.6. The summed E-state index contributed by atoms with van der Waals surface area (Å²) in [4.78, 5) is 5.57. The highest BCUT2D eigenvalue weighted by Gasteiger charge is 2.20. The van der Waals surface area contributed by atoms with Gasteiger partial charge in [-0.25, -0.2) is 0 Å². The molecule has 1 aliphatic rings. The Morgan fingerprint density at radius 3 is 2.89 bits per heavy atom. The van der Waals surface area contributed by atoms with Gasteiger partial charge in [0.2, 0.25) is 0 Å². The van der Waals surface area contributed by atoms with Crippen molar-refractivity contribution >= 4 is 16.6 Å². The first-order chi connectivity index (χ1) is 9.42. The number of H-pyrrole nitrogens is 1. The molecule has 0 saturated carbocycles. The van der Waals surface area contributed by atoms with Crippen LogP contribution in [-0.4, -0.2) is 11.7 Å². The highest BCUT2D eigenvalue weighted by molar-refractivity contribution is 5.83. The van der Waals surface area contributed by atoms with Crippen LogP contribution in [0.2, 0.25) is 0 Å². The van der Waals surface area contributed by atoms with Crippen LogP contribution in [0, 0.1) is 0 Å². The van der Waals surface area contributed by atoms with Gasteiger partial charge in [0, 0.05) is 23.6 Å². The predicted molar refractivity (Wildman–Crippen MR) is 76.4 cm³/mol. The monoisotopic (exact) mass is 250 g/mol. The first kappa shape index (κ1) is 10.5. The van der Waals surface area contributed by atoms with Crippen LogP contribution in [0.3, 0.4) is 0 Å². The number of ether oxygens (including phenoxy) is 1. The van der Waals surface area contributed by atoms with Crippen LogP contribution >= 0.6 is 0 Å². The van der Waals surface area contributed by atoms with E-state index >= 15 is 0 Å². The van der Waals surface area contributed by atoms with Crippen LogP contribution in [0.25, 0.3) is 10.9 Å². The lowest BCUT2D eigenvalue weighted by Gasteiger charge is -2.15. The number of hydrogen-bond acceptors (Lipinski definition) is 2. The van der Waals surface area contributed by atoms with E-state index in [0.717, 1.165) is 12.3 Å². The van der Waals surface area contributed by atoms with E-state index in [1.54, 1.807) is 0 Å². The van der Waals surface area contributed by atoms with Gasteiger partial charge in [0.25, 0.3) is 0 Å². The molecule has 2 heterocycles. The maximum Gasteiger partial charge on any atom is 0.162 e. The van der Waals surface area contributed by atoms with Gasteiger partial charge in [-0.1, -0.05) is 30.3 Å². The smallest absolute Gasteiger partial charge is 0.162 e. The lowest BCUT2D eigenvalue weighted by Crippen LogP contribution is -2.21. The number of hydrogen-bond donors (Lipinski definition) is 1. The van der Waals surface area contributed by atoms with Crippen molar-refractivity contribution in [3.63, 3.8) is 0 Å². The van der Waals surface area contributed by atoms with Crippen LogP contribution in [0.15, 0.2) is 54.7 Å². The molecule has 0 unspecified atom stereocenters. The number of nitrogens with zero attached hydrogens (tertiary/aromatic N) is 1. The van der Waals surface area contributed by atoms with E-state index in [1.165, 1.54) is 22.2 Å². The van der Waals surface area contributed by atoms with Crippen LogP contribution in [-0.2, 0) is 6.54 Å². The molecule has 0 spiro atoms. The zero-order valence-corrected chi connectivity index (χ0v) is 10.5. The van der Waals surface area contributed by atoms with Crippen molar-refractivity contribution in [1.82, 2.24) is 4.98 Å². The van der Waals surface area contributed by atoms with Gasteiger partial charge in [0.1, 0.15) is 5.75 Å². The Labute approximate surface area is 111 Å². The van der Waals surface area contributed by atoms with Gasteiger partial charge in [0.15, 0.2) is 6.73 Å². The lowest BCUT2D eigenvalue weighted by atomic mass is 10.1. The van der Waals surface area contributed by atoms with Crippen molar-refractivity contribution in [2.45, 2.75) is 6.54 Å². The maximum atomic E-state index is 5.69. The van der Waals surface area contributed by atoms with Gasteiger partial charge in [-0.3, -0.25) is 0 Å². The first-order valence-electron chi connectivity index (χ1n) is 6.43. The molecule has 2 aromatic carbocycles. The van der Waals surface area contributed by atoms with Crippen molar-refractivity contribution in [3.05, 3.63) is 60.3 Å². The minimum Gasteiger partial charge on any atom is -0.471 e. The third-order valence-corrected chi connectivity index (χ3v) is 3.62. The summed E-state index contributed by atoms with van der Waals surface area (Å²) in [5, 5.41) is 1.28. The summed E-state index contributed by atoms with van der Waals surface area (Å²) in [5.41, 5.74) is 3.66. The highest BCUT2D eigenvalue weighted by Crippen LogP contribution is 2.34. The fraction of sp³-hybridized carbons (Fsp3) is 0.125. The molecule has 3 heteroatoms. The molecule has 0 saturated heterocycles. The van der Waals surface area contributed by atoms with Crippen LogP contribution in [0.5, 0.6) is 5.75 Å². The number of rotatable bonds is 2. The standard InChI is InChI=1S/C16H14N2O/c1-2-6-14-13(5-1)12(9-17-14)10-18-11-19-16-8-4-3-7-15(16)18/h1-9,17H,10-11H2. The molecule has 1 aromatic heterocycles. The van der Waals surface area contributed by atoms with Gasteiger partial charge >= 0.3 is 0 Å². The van der Waals surface area contributed by atoms with E-state index in [4.69, 9.17) is 4.74 Å². The third kappa shape index (κ3) is 1.66. The lowest BCUT2D eigenvalue weighted by molar-refractivity contribution is 0.346. The molecule has 0 atom stereocenters. The molecule has 0 amide bonds. The Hall–Kier alpha value is -2.42. The Balaban J connectivity index is 1.70. The van der Waals surface area contributed by atoms with Crippen molar-refractivity contribution < 1.29 is 4.74 Å². The van der Waals surface area contributed by atoms with Gasteiger partial charge in [-0.05, 0) is 23.8 Å². The normalized spacial score (nSPS) is 13.6. The molecule has 3 nitrogen and oxygen atoms in total. The summed E-state index contributed by atoms with van der Waals surface area (Å²) in [7, 11) is 0. The number of para-hydroxylation sites is 3. The Morgan fingerprint density at radius 1 is 1.05 bits per heavy atom. The number of aromatic amines is 1. The largest absolute Gasteiger partial charge is 0.471 e. The van der Waals surface area contributed by atoms with Crippen LogP contribution in [0.1, 0.15) is 5.56 Å². The molecule has 3 aromatic rings. The summed E-state index contributed by atoms with van der Waals surface area (Å²) >= 11 is 0. The van der Waals surface area contributed by atoms with Gasteiger partial charge in [-0.15, -0.1) is 0 Å². The molecular weight excluding hydrogens is 236 g/mol. The number of fused-ring (bicyclic) bond motifs is 2. The molecule has 94 valence electrons. The minimum absolute atomic E-state index is 0.624. The second-order valence-corrected chi connectivity index (χ2v) is 4.80. The van der Waals surface area contributed by atoms with E-state index in [2.05, 4.69) is 52.5 Å². The quantitative estimate of drug-likeness (QED) is 0.753. The fourth-order valence-corrected chi connectivity index (χ4v) is 2.66. The Kier molecular flexibility index (Phi) is 2.24. The van der Waals surface area contributed by atoms with Crippen molar-refractivity contribution in [2.75, 3.05) is 11.6 Å². The van der Waals surface area contributed by atoms with Crippen LogP contribution in [0.4, 0.5) is 5.69 Å². The summed E-state index contributed by atoms with van der Waals surface area (Å²) < 4.78 is 5.69. The summed E-state index contributed by atoms with van der Waals surface area (Å²) in [6.07, 6.45) is 2.09. The molecule has 0 fully saturated rings. The molecule has 0 bridgehead atoms. The predicted octanol–water partition coefficient (Wildman–Crippen LogP) is 3.52. The van der Waals surface area contributed by atoms with Gasteiger partial charge in [0.05, 0.1) is 5.69 Å². The molecule has 4 rings (SSSR count). The van der Waals surface area contributed by atoms with Crippen molar-refractivity contribution in [1.29, 1.82) is 0 Å². The maximum absolute atomic E-state index is 5.69. The number of aromatic nitrogens is 1. The van der Waals surface area contributed by atoms with Gasteiger partial charge in [-0.2, -0.15) is 0 Å². The Morgan fingerprint density at radius 2 is 1.89 bits per heavy atom. The average molecular weight is 250 g/mol. The van der Waals surface area contributed by atoms with Crippen LogP contribution < -0.4 is 9.64 Å². The SMILES string of the molecule is c1ccc2c(c1)OCN2Cc1c[nH]c2ccccc12. The second-order valence-electron chi connectivity index (χ2n) is 4.80. The molecule has 0 aliphatic carbocycles. The molecule has 1 N–H and O–H groups in total. The molecular formula is C16H14N2O. The summed E-state index contributed by atoms with van der Waals surface area (Å²) in [5.74, 6) is 0.974. The zero-order valence-electron chi connectivity index (χ0n) is 10.5. The molecule has 19 heavy (non-hydrogen) atoms. The number of anilines is 1. The second kappa shape index (κ2) is 4.05. The summed E-state index contributed by atoms with van der Waals surface area (Å²) in [6.45, 7) is 1.49. The van der Waals surface area contributed by atoms with E-state index in [1.807, 2.05) is 12.1 Å². The fourth-order valence-electron chi connectivity index (χ4n) is 2.66. The zero-order chi connectivity index (χ0) is 12.7. The van der Waals surface area contributed by atoms with E-state index in [9.17, 15) is 0 Å². The topological polar surface area (TPSA) is 28.3 Å². The van der Waals surface area contributed by atoms with Crippen molar-refractivity contribution in [3.8, 4) is 5.75 Å². The molecule has 1 aliphatic heterocycles. The minimum atomic E-state index is 0.624. The Bertz CT molecular complexity index is 732. The number of nitrogens with one attached hydrogen (secondary N) is 1. The highest BCUT2D eigenvalue weighted by atomic mass is 16.5. The van der Waals surface area contributed by atoms with E-state index < -0.39 is 0 Å². The third-order valence-electron chi connectivity index (χ3n) is 3.62. The van der Waals surface area contributed by atoms with E-state index in [-0.39, 0.29) is 0 Å². The average Bonchev–Trinajstić information content (AvgIpc) is 3.05. The van der Waals surface area contributed by atoms with E-state index in [0.29, 0.717) is 6.73 Å². The molecule has 0 radical (unpaired) electrons. The first-order valence-corrected chi connectivity index (χ1v) is 6.43. The number of benzene rings is 2. The van der Waals surface area contributed by atoms with Crippen molar-refractivity contribution in [2.24, 2.45) is 0 Å². The van der Waals surface area contributed by atoms with Gasteiger partial charge < -0.3 is 14.6 Å².